The van der Waals surface area contributed by atoms with E-state index in [1.54, 1.807) is 0 Å². The van der Waals surface area contributed by atoms with Crippen LogP contribution in [0.5, 0.6) is 0 Å². The lowest BCUT2D eigenvalue weighted by atomic mass is 9.88. The number of hydrogen-bond acceptors (Lipinski definition) is 2. The molecule has 0 aliphatic heterocycles. The molecule has 0 heterocycles. The van der Waals surface area contributed by atoms with Crippen molar-refractivity contribution in [2.45, 2.75) is 24.6 Å². The van der Waals surface area contributed by atoms with Gasteiger partial charge in [-0.15, -0.1) is 0 Å². The fourth-order valence-corrected chi connectivity index (χ4v) is 1.37. The van der Waals surface area contributed by atoms with Gasteiger partial charge in [0.25, 0.3) is 0 Å². The Kier molecular flexibility index (Phi) is 3.59. The number of carbonyl (C=O) groups is 1. The highest BCUT2D eigenvalue weighted by Crippen LogP contribution is 2.38. The third-order valence-corrected chi connectivity index (χ3v) is 2.65. The van der Waals surface area contributed by atoms with Gasteiger partial charge in [-0.2, -0.15) is 22.0 Å². The Hall–Kier alpha value is -1.70. The Bertz CT molecular complexity index is 476. The molecule has 2 N–H and O–H groups in total. The third-order valence-electron chi connectivity index (χ3n) is 2.65. The SMILES string of the molecule is CC(O)(c1ccc(C(F)(F)F)cc1)C(F)(F)C(=O)O. The van der Waals surface area contributed by atoms with E-state index in [0.29, 0.717) is 31.2 Å². The molecule has 3 nitrogen and oxygen atoms in total. The number of alkyl halides is 5. The average molecular weight is 284 g/mol. The van der Waals surface area contributed by atoms with Gasteiger partial charge in [-0.3, -0.25) is 0 Å². The fraction of sp³-hybridized carbons (Fsp3) is 0.364. The molecule has 0 saturated carbocycles. The molecule has 1 unspecified atom stereocenters. The Labute approximate surface area is 104 Å². The molecule has 0 aliphatic carbocycles. The Balaban J connectivity index is 3.21. The minimum Gasteiger partial charge on any atom is -0.477 e. The van der Waals surface area contributed by atoms with Crippen LogP contribution in [0.2, 0.25) is 0 Å². The average Bonchev–Trinajstić information content (AvgIpc) is 2.27. The van der Waals surface area contributed by atoms with Crippen LogP contribution in [0.1, 0.15) is 18.1 Å². The predicted octanol–water partition coefficient (Wildman–Crippen LogP) is 2.63. The zero-order valence-electron chi connectivity index (χ0n) is 9.50. The fourth-order valence-electron chi connectivity index (χ4n) is 1.37. The Morgan fingerprint density at radius 3 is 1.68 bits per heavy atom. The minimum absolute atomic E-state index is 0.488. The summed E-state index contributed by atoms with van der Waals surface area (Å²) < 4.78 is 63.4. The topological polar surface area (TPSA) is 57.5 Å². The number of hydrogen-bond donors (Lipinski definition) is 2. The number of carboxylic acid groups (broad SMARTS) is 1. The number of carboxylic acids is 1. The second-order valence-corrected chi connectivity index (χ2v) is 4.03. The van der Waals surface area contributed by atoms with Crippen LogP contribution in [0, 0.1) is 0 Å². The maximum Gasteiger partial charge on any atom is 0.416 e. The van der Waals surface area contributed by atoms with Crippen molar-refractivity contribution < 1.29 is 37.0 Å². The molecule has 0 saturated heterocycles. The molecule has 0 aromatic heterocycles. The predicted molar refractivity (Wildman–Crippen MR) is 53.6 cm³/mol. The van der Waals surface area contributed by atoms with Crippen LogP contribution in [0.4, 0.5) is 22.0 Å². The molecule has 0 fully saturated rings. The highest BCUT2D eigenvalue weighted by molar-refractivity contribution is 5.77. The molecule has 0 spiro atoms. The summed E-state index contributed by atoms with van der Waals surface area (Å²) in [6.45, 7) is 0.518. The molecule has 1 aromatic rings. The Morgan fingerprint density at radius 2 is 1.37 bits per heavy atom. The van der Waals surface area contributed by atoms with Crippen LogP contribution in [-0.4, -0.2) is 22.1 Å². The molecule has 1 atom stereocenters. The number of rotatable bonds is 3. The van der Waals surface area contributed by atoms with Crippen LogP contribution in [-0.2, 0) is 16.6 Å². The molecule has 0 aliphatic rings. The molecule has 106 valence electrons. The zero-order chi connectivity index (χ0) is 15.1. The van der Waals surface area contributed by atoms with Crippen LogP contribution < -0.4 is 0 Å². The van der Waals surface area contributed by atoms with E-state index in [4.69, 9.17) is 5.11 Å². The summed E-state index contributed by atoms with van der Waals surface area (Å²) in [7, 11) is 0. The van der Waals surface area contributed by atoms with Crippen LogP contribution >= 0.6 is 0 Å². The summed E-state index contributed by atoms with van der Waals surface area (Å²) in [5.41, 5.74) is -4.85. The number of aliphatic hydroxyl groups is 1. The second-order valence-electron chi connectivity index (χ2n) is 4.03. The van der Waals surface area contributed by atoms with Gasteiger partial charge in [0, 0.05) is 0 Å². The van der Waals surface area contributed by atoms with Gasteiger partial charge in [0.15, 0.2) is 5.60 Å². The summed E-state index contributed by atoms with van der Waals surface area (Å²) in [5.74, 6) is -7.11. The molecule has 8 heteroatoms. The highest BCUT2D eigenvalue weighted by Gasteiger charge is 2.57. The maximum atomic E-state index is 13.3. The normalized spacial score (nSPS) is 15.9. The van der Waals surface area contributed by atoms with Gasteiger partial charge in [0.1, 0.15) is 0 Å². The summed E-state index contributed by atoms with van der Waals surface area (Å²) in [4.78, 5) is 10.4. The lowest BCUT2D eigenvalue weighted by Gasteiger charge is -2.29. The van der Waals surface area contributed by atoms with E-state index < -0.39 is 34.8 Å². The summed E-state index contributed by atoms with van der Waals surface area (Å²) in [5, 5.41) is 17.9. The summed E-state index contributed by atoms with van der Waals surface area (Å²) >= 11 is 0. The van der Waals surface area contributed by atoms with Crippen LogP contribution in [0.3, 0.4) is 0 Å². The van der Waals surface area contributed by atoms with E-state index >= 15 is 0 Å². The molecule has 0 bridgehead atoms. The molecule has 1 aromatic carbocycles. The van der Waals surface area contributed by atoms with E-state index in [9.17, 15) is 31.9 Å². The van der Waals surface area contributed by atoms with E-state index in [1.807, 2.05) is 0 Å². The van der Waals surface area contributed by atoms with Crippen molar-refractivity contribution in [1.82, 2.24) is 0 Å². The number of benzene rings is 1. The van der Waals surface area contributed by atoms with Crippen molar-refractivity contribution >= 4 is 5.97 Å². The molecule has 1 rings (SSSR count). The first kappa shape index (κ1) is 15.4. The van der Waals surface area contributed by atoms with E-state index in [0.717, 1.165) is 0 Å². The highest BCUT2D eigenvalue weighted by atomic mass is 19.4. The lowest BCUT2D eigenvalue weighted by molar-refractivity contribution is -0.207. The van der Waals surface area contributed by atoms with Crippen molar-refractivity contribution in [3.63, 3.8) is 0 Å². The summed E-state index contributed by atoms with van der Waals surface area (Å²) in [6, 6.07) is 2.20. The van der Waals surface area contributed by atoms with Crippen molar-refractivity contribution in [1.29, 1.82) is 0 Å². The van der Waals surface area contributed by atoms with Gasteiger partial charge in [0.05, 0.1) is 5.56 Å². The smallest absolute Gasteiger partial charge is 0.416 e. The first-order valence-corrected chi connectivity index (χ1v) is 4.92. The monoisotopic (exact) mass is 284 g/mol. The molecule has 19 heavy (non-hydrogen) atoms. The standard InChI is InChI=1S/C11H9F5O3/c1-9(19,10(12,13)8(17)18)6-2-4-7(5-3-6)11(14,15)16/h2-5,19H,1H3,(H,17,18). The van der Waals surface area contributed by atoms with Gasteiger partial charge in [-0.25, -0.2) is 4.79 Å². The van der Waals surface area contributed by atoms with Crippen molar-refractivity contribution in [3.05, 3.63) is 35.4 Å². The lowest BCUT2D eigenvalue weighted by Crippen LogP contribution is -2.48. The maximum absolute atomic E-state index is 13.3. The first-order chi connectivity index (χ1) is 8.40. The first-order valence-electron chi connectivity index (χ1n) is 4.92. The van der Waals surface area contributed by atoms with Crippen molar-refractivity contribution in [3.8, 4) is 0 Å². The van der Waals surface area contributed by atoms with Gasteiger partial charge < -0.3 is 10.2 Å². The molecular formula is C11H9F5O3. The van der Waals surface area contributed by atoms with E-state index in [2.05, 4.69) is 0 Å². The van der Waals surface area contributed by atoms with E-state index in [-0.39, 0.29) is 0 Å². The third kappa shape index (κ3) is 2.67. The van der Waals surface area contributed by atoms with Gasteiger partial charge in [-0.05, 0) is 24.6 Å². The number of aliphatic carboxylic acids is 1. The van der Waals surface area contributed by atoms with Gasteiger partial charge >= 0.3 is 18.1 Å². The van der Waals surface area contributed by atoms with Crippen LogP contribution in [0.15, 0.2) is 24.3 Å². The van der Waals surface area contributed by atoms with Gasteiger partial charge in [-0.1, -0.05) is 12.1 Å². The molecule has 0 radical (unpaired) electrons. The quantitative estimate of drug-likeness (QED) is 0.839. The zero-order valence-corrected chi connectivity index (χ0v) is 9.50. The largest absolute Gasteiger partial charge is 0.477 e. The molecular weight excluding hydrogens is 275 g/mol. The van der Waals surface area contributed by atoms with Crippen molar-refractivity contribution in [2.75, 3.05) is 0 Å². The van der Waals surface area contributed by atoms with E-state index in [1.165, 1.54) is 0 Å². The van der Waals surface area contributed by atoms with Crippen LogP contribution in [0.25, 0.3) is 0 Å². The minimum atomic E-state index is -4.65. The van der Waals surface area contributed by atoms with Gasteiger partial charge in [0.2, 0.25) is 0 Å². The molecule has 0 amide bonds. The summed E-state index contributed by atoms with van der Waals surface area (Å²) in [6.07, 6.45) is -4.65. The second kappa shape index (κ2) is 4.44. The van der Waals surface area contributed by atoms with Crippen molar-refractivity contribution in [2.24, 2.45) is 0 Å². The number of halogens is 5. The Morgan fingerprint density at radius 1 is 1.00 bits per heavy atom.